The van der Waals surface area contributed by atoms with E-state index in [1.54, 1.807) is 0 Å². The molecule has 1 saturated heterocycles. The second-order valence-electron chi connectivity index (χ2n) is 5.36. The molecule has 3 nitrogen and oxygen atoms in total. The Balaban J connectivity index is 2.20. The molecule has 1 aliphatic heterocycles. The Kier molecular flexibility index (Phi) is 3.71. The number of methoxy groups -OCH3 is 1. The van der Waals surface area contributed by atoms with Crippen LogP contribution < -0.4 is 0 Å². The zero-order chi connectivity index (χ0) is 13.2. The highest BCUT2D eigenvalue weighted by molar-refractivity contribution is 5.84. The van der Waals surface area contributed by atoms with Crippen molar-refractivity contribution in [1.82, 2.24) is 0 Å². The first-order chi connectivity index (χ1) is 8.58. The smallest absolute Gasteiger partial charge is 0.321 e. The molecule has 0 saturated carbocycles. The molecule has 0 amide bonds. The molecule has 0 aromatic heterocycles. The van der Waals surface area contributed by atoms with Crippen LogP contribution in [-0.2, 0) is 26.1 Å². The predicted octanol–water partition coefficient (Wildman–Crippen LogP) is 2.33. The molecule has 98 valence electrons. The first-order valence-electron chi connectivity index (χ1n) is 6.34. The van der Waals surface area contributed by atoms with Gasteiger partial charge < -0.3 is 9.47 Å². The third-order valence-electron chi connectivity index (χ3n) is 3.42. The van der Waals surface area contributed by atoms with E-state index < -0.39 is 5.41 Å². The minimum absolute atomic E-state index is 0.203. The van der Waals surface area contributed by atoms with E-state index in [9.17, 15) is 4.79 Å². The Morgan fingerprint density at radius 3 is 2.33 bits per heavy atom. The average molecular weight is 248 g/mol. The molecule has 0 unspecified atom stereocenters. The molecule has 1 aliphatic rings. The summed E-state index contributed by atoms with van der Waals surface area (Å²) in [4.78, 5) is 11.9. The second kappa shape index (κ2) is 5.11. The maximum atomic E-state index is 11.9. The van der Waals surface area contributed by atoms with Gasteiger partial charge in [0, 0.05) is 0 Å². The topological polar surface area (TPSA) is 35.5 Å². The third-order valence-corrected chi connectivity index (χ3v) is 3.42. The molecule has 1 aromatic carbocycles. The lowest BCUT2D eigenvalue weighted by Gasteiger charge is -2.38. The summed E-state index contributed by atoms with van der Waals surface area (Å²) in [6, 6.07) is 8.24. The van der Waals surface area contributed by atoms with Crippen LogP contribution in [0.1, 0.15) is 25.0 Å². The molecular weight excluding hydrogens is 228 g/mol. The summed E-state index contributed by atoms with van der Waals surface area (Å²) in [7, 11) is 1.43. The van der Waals surface area contributed by atoms with Crippen LogP contribution in [0.4, 0.5) is 0 Å². The number of hydrogen-bond acceptors (Lipinski definition) is 3. The number of hydrogen-bond donors (Lipinski definition) is 0. The molecule has 0 bridgehead atoms. The molecular formula is C15H20O3. The van der Waals surface area contributed by atoms with Crippen molar-refractivity contribution in [1.29, 1.82) is 0 Å². The molecule has 0 spiro atoms. The molecule has 0 N–H and O–H groups in total. The van der Waals surface area contributed by atoms with Gasteiger partial charge in [-0.3, -0.25) is 4.79 Å². The van der Waals surface area contributed by atoms with E-state index in [0.29, 0.717) is 19.1 Å². The van der Waals surface area contributed by atoms with Gasteiger partial charge in [0.1, 0.15) is 5.41 Å². The Morgan fingerprint density at radius 2 is 1.94 bits per heavy atom. The molecule has 2 rings (SSSR count). The van der Waals surface area contributed by atoms with Gasteiger partial charge in [-0.25, -0.2) is 0 Å². The normalized spacial score (nSPS) is 17.3. The van der Waals surface area contributed by atoms with E-state index in [1.165, 1.54) is 12.7 Å². The number of carbonyl (C=O) groups excluding carboxylic acids is 1. The van der Waals surface area contributed by atoms with Gasteiger partial charge >= 0.3 is 5.97 Å². The maximum Gasteiger partial charge on any atom is 0.321 e. The third kappa shape index (κ3) is 2.27. The van der Waals surface area contributed by atoms with E-state index >= 15 is 0 Å². The van der Waals surface area contributed by atoms with Crippen LogP contribution in [0.25, 0.3) is 0 Å². The second-order valence-corrected chi connectivity index (χ2v) is 5.36. The van der Waals surface area contributed by atoms with Crippen molar-refractivity contribution in [3.8, 4) is 0 Å². The lowest BCUT2D eigenvalue weighted by atomic mass is 9.78. The van der Waals surface area contributed by atoms with Gasteiger partial charge in [0.05, 0.1) is 20.3 Å². The quantitative estimate of drug-likeness (QED) is 0.767. The highest BCUT2D eigenvalue weighted by Crippen LogP contribution is 2.34. The number of benzene rings is 1. The fraction of sp³-hybridized carbons (Fsp3) is 0.533. The van der Waals surface area contributed by atoms with Gasteiger partial charge in [-0.05, 0) is 23.5 Å². The number of ether oxygens (including phenoxy) is 2. The van der Waals surface area contributed by atoms with E-state index in [0.717, 1.165) is 12.0 Å². The molecule has 1 fully saturated rings. The molecule has 18 heavy (non-hydrogen) atoms. The Hall–Kier alpha value is -1.35. The van der Waals surface area contributed by atoms with E-state index in [4.69, 9.17) is 9.47 Å². The van der Waals surface area contributed by atoms with E-state index in [2.05, 4.69) is 26.0 Å². The Bertz CT molecular complexity index is 416. The molecule has 0 radical (unpaired) electrons. The number of carbonyl (C=O) groups is 1. The van der Waals surface area contributed by atoms with Crippen LogP contribution in [0.15, 0.2) is 24.3 Å². The van der Waals surface area contributed by atoms with Crippen LogP contribution in [0.2, 0.25) is 0 Å². The summed E-state index contributed by atoms with van der Waals surface area (Å²) in [5.41, 5.74) is 1.72. The highest BCUT2D eigenvalue weighted by atomic mass is 16.5. The van der Waals surface area contributed by atoms with Crippen LogP contribution in [-0.4, -0.2) is 26.3 Å². The van der Waals surface area contributed by atoms with Gasteiger partial charge in [0.2, 0.25) is 0 Å². The molecule has 0 aliphatic carbocycles. The predicted molar refractivity (Wildman–Crippen MR) is 69.5 cm³/mol. The zero-order valence-electron chi connectivity index (χ0n) is 11.2. The van der Waals surface area contributed by atoms with Gasteiger partial charge in [-0.2, -0.15) is 0 Å². The minimum Gasteiger partial charge on any atom is -0.468 e. The highest BCUT2D eigenvalue weighted by Gasteiger charge is 2.48. The Morgan fingerprint density at radius 1 is 1.33 bits per heavy atom. The lowest BCUT2D eigenvalue weighted by Crippen LogP contribution is -2.53. The molecule has 0 atom stereocenters. The van der Waals surface area contributed by atoms with Crippen molar-refractivity contribution >= 4 is 5.97 Å². The summed E-state index contributed by atoms with van der Waals surface area (Å²) in [5, 5.41) is 0. The molecule has 1 aromatic rings. The van der Waals surface area contributed by atoms with Crippen molar-refractivity contribution in [2.45, 2.75) is 25.7 Å². The largest absolute Gasteiger partial charge is 0.468 e. The van der Waals surface area contributed by atoms with Gasteiger partial charge in [0.25, 0.3) is 0 Å². The van der Waals surface area contributed by atoms with Crippen LogP contribution in [0.5, 0.6) is 0 Å². The summed E-state index contributed by atoms with van der Waals surface area (Å²) in [5.74, 6) is 0.433. The van der Waals surface area contributed by atoms with Crippen molar-refractivity contribution in [3.05, 3.63) is 35.4 Å². The number of rotatable bonds is 4. The van der Waals surface area contributed by atoms with Gasteiger partial charge in [-0.1, -0.05) is 38.1 Å². The number of esters is 1. The zero-order valence-corrected chi connectivity index (χ0v) is 11.2. The van der Waals surface area contributed by atoms with E-state index in [-0.39, 0.29) is 5.97 Å². The molecule has 1 heterocycles. The average Bonchev–Trinajstić information content (AvgIpc) is 2.29. The lowest BCUT2D eigenvalue weighted by molar-refractivity contribution is -0.166. The summed E-state index contributed by atoms with van der Waals surface area (Å²) < 4.78 is 10.1. The minimum atomic E-state index is -0.578. The van der Waals surface area contributed by atoms with Gasteiger partial charge in [0.15, 0.2) is 0 Å². The van der Waals surface area contributed by atoms with Crippen molar-refractivity contribution < 1.29 is 14.3 Å². The van der Waals surface area contributed by atoms with Crippen molar-refractivity contribution in [2.24, 2.45) is 5.92 Å². The fourth-order valence-corrected chi connectivity index (χ4v) is 2.34. The van der Waals surface area contributed by atoms with Crippen LogP contribution in [0.3, 0.4) is 0 Å². The first kappa shape index (κ1) is 13.1. The maximum absolute atomic E-state index is 11.9. The first-order valence-corrected chi connectivity index (χ1v) is 6.34. The van der Waals surface area contributed by atoms with Crippen LogP contribution >= 0.6 is 0 Å². The van der Waals surface area contributed by atoms with Crippen LogP contribution in [0, 0.1) is 5.92 Å². The standard InChI is InChI=1S/C15H20O3/c1-11(2)8-12-4-6-13(7-5-12)15(9-18-10-15)14(16)17-3/h4-7,11H,8-10H2,1-3H3. The monoisotopic (exact) mass is 248 g/mol. The fourth-order valence-electron chi connectivity index (χ4n) is 2.34. The molecule has 3 heteroatoms. The van der Waals surface area contributed by atoms with Crippen molar-refractivity contribution in [3.63, 3.8) is 0 Å². The van der Waals surface area contributed by atoms with E-state index in [1.807, 2.05) is 12.1 Å². The summed E-state index contributed by atoms with van der Waals surface area (Å²) in [6.45, 7) is 5.24. The SMILES string of the molecule is COC(=O)C1(c2ccc(CC(C)C)cc2)COC1. The summed E-state index contributed by atoms with van der Waals surface area (Å²) >= 11 is 0. The van der Waals surface area contributed by atoms with Crippen molar-refractivity contribution in [2.75, 3.05) is 20.3 Å². The summed E-state index contributed by atoms with van der Waals surface area (Å²) in [6.07, 6.45) is 1.06. The van der Waals surface area contributed by atoms with Gasteiger partial charge in [-0.15, -0.1) is 0 Å². The Labute approximate surface area is 108 Å².